The molecule has 2 heterocycles. The number of cyclic esters (lactones) is 1. The number of anilines is 1. The van der Waals surface area contributed by atoms with Crippen LogP contribution < -0.4 is 10.6 Å². The van der Waals surface area contributed by atoms with Crippen LogP contribution in [-0.2, 0) is 16.1 Å². The Morgan fingerprint density at radius 3 is 2.56 bits per heavy atom. The first-order valence-electron chi connectivity index (χ1n) is 12.1. The first kappa shape index (κ1) is 25.4. The lowest BCUT2D eigenvalue weighted by atomic mass is 9.99. The number of ether oxygens (including phenoxy) is 1. The Balaban J connectivity index is 1.58. The summed E-state index contributed by atoms with van der Waals surface area (Å²) in [4.78, 5) is 41.0. The molecule has 2 atom stereocenters. The number of hydrogen-bond acceptors (Lipinski definition) is 5. The van der Waals surface area contributed by atoms with Gasteiger partial charge >= 0.3 is 6.09 Å². The molecule has 0 aliphatic carbocycles. The molecule has 1 saturated heterocycles. The molecule has 2 aromatic carbocycles. The third kappa shape index (κ3) is 6.12. The lowest BCUT2D eigenvalue weighted by molar-refractivity contribution is -0.126. The number of nitrogens with one attached hydrogen (secondary N) is 2. The molecule has 0 radical (unpaired) electrons. The second-order valence-corrected chi connectivity index (χ2v) is 10.3. The van der Waals surface area contributed by atoms with Crippen LogP contribution in [0.3, 0.4) is 0 Å². The van der Waals surface area contributed by atoms with Gasteiger partial charge in [0.1, 0.15) is 0 Å². The second-order valence-electron chi connectivity index (χ2n) is 9.39. The number of rotatable bonds is 9. The van der Waals surface area contributed by atoms with Crippen molar-refractivity contribution in [3.8, 4) is 0 Å². The number of amides is 3. The topological polar surface area (TPSA) is 87.7 Å². The zero-order valence-electron chi connectivity index (χ0n) is 20.7. The summed E-state index contributed by atoms with van der Waals surface area (Å²) < 4.78 is 5.76. The Kier molecular flexibility index (Phi) is 8.05. The molecule has 1 aliphatic heterocycles. The molecule has 188 valence electrons. The minimum Gasteiger partial charge on any atom is -0.438 e. The van der Waals surface area contributed by atoms with Crippen molar-refractivity contribution in [2.75, 3.05) is 11.9 Å². The van der Waals surface area contributed by atoms with Crippen LogP contribution in [0.2, 0.25) is 0 Å². The van der Waals surface area contributed by atoms with E-state index in [1.165, 1.54) is 16.2 Å². The first-order chi connectivity index (χ1) is 17.3. The van der Waals surface area contributed by atoms with Crippen LogP contribution in [0.5, 0.6) is 0 Å². The molecule has 1 aliphatic rings. The number of aryl methyl sites for hydroxylation is 1. The molecule has 1 aromatic heterocycles. The average Bonchev–Trinajstić information content (AvgIpc) is 3.49. The number of carbonyl (C=O) groups is 3. The predicted octanol–water partition coefficient (Wildman–Crippen LogP) is 5.53. The van der Waals surface area contributed by atoms with E-state index in [1.54, 1.807) is 24.3 Å². The van der Waals surface area contributed by atoms with Crippen LogP contribution >= 0.6 is 11.3 Å². The summed E-state index contributed by atoms with van der Waals surface area (Å²) in [7, 11) is 0. The van der Waals surface area contributed by atoms with Gasteiger partial charge in [0.25, 0.3) is 5.91 Å². The zero-order chi connectivity index (χ0) is 25.7. The van der Waals surface area contributed by atoms with Crippen molar-refractivity contribution in [3.63, 3.8) is 0 Å². The van der Waals surface area contributed by atoms with Crippen molar-refractivity contribution in [2.24, 2.45) is 5.92 Å². The summed E-state index contributed by atoms with van der Waals surface area (Å²) in [6.07, 6.45) is -0.515. The molecule has 8 heteroatoms. The molecule has 7 nitrogen and oxygen atoms in total. The van der Waals surface area contributed by atoms with Crippen molar-refractivity contribution in [3.05, 3.63) is 87.6 Å². The largest absolute Gasteiger partial charge is 0.438 e. The van der Waals surface area contributed by atoms with Gasteiger partial charge in [-0.25, -0.2) is 4.79 Å². The third-order valence-electron chi connectivity index (χ3n) is 6.07. The fraction of sp³-hybridized carbons (Fsp3) is 0.321. The van der Waals surface area contributed by atoms with Gasteiger partial charge < -0.3 is 15.4 Å². The predicted molar refractivity (Wildman–Crippen MR) is 141 cm³/mol. The summed E-state index contributed by atoms with van der Waals surface area (Å²) in [5, 5.41) is 7.71. The van der Waals surface area contributed by atoms with E-state index in [2.05, 4.69) is 24.5 Å². The van der Waals surface area contributed by atoms with E-state index in [0.29, 0.717) is 28.6 Å². The Hall–Kier alpha value is -3.65. The summed E-state index contributed by atoms with van der Waals surface area (Å²) in [6.45, 7) is 6.96. The van der Waals surface area contributed by atoms with Gasteiger partial charge in [-0.1, -0.05) is 61.9 Å². The molecule has 0 spiro atoms. The van der Waals surface area contributed by atoms with E-state index < -0.39 is 18.2 Å². The maximum absolute atomic E-state index is 13.4. The van der Waals surface area contributed by atoms with Crippen LogP contribution in [0.4, 0.5) is 10.5 Å². The highest BCUT2D eigenvalue weighted by molar-refractivity contribution is 7.12. The van der Waals surface area contributed by atoms with E-state index >= 15 is 0 Å². The van der Waals surface area contributed by atoms with E-state index in [9.17, 15) is 14.4 Å². The molecule has 4 rings (SSSR count). The molecule has 0 bridgehead atoms. The van der Waals surface area contributed by atoms with Gasteiger partial charge in [-0.05, 0) is 54.0 Å². The Labute approximate surface area is 215 Å². The van der Waals surface area contributed by atoms with Gasteiger partial charge in [-0.15, -0.1) is 11.3 Å². The summed E-state index contributed by atoms with van der Waals surface area (Å²) in [5.41, 5.74) is 3.24. The maximum Gasteiger partial charge on any atom is 0.411 e. The molecule has 1 fully saturated rings. The van der Waals surface area contributed by atoms with Crippen LogP contribution in [0.15, 0.2) is 66.0 Å². The molecular weight excluding hydrogens is 474 g/mol. The summed E-state index contributed by atoms with van der Waals surface area (Å²) in [5.74, 6) is -0.0314. The SMILES string of the molecule is Cc1ccc(CN2C(=O)OC(c3cccc(NC(=O)c4cccs4)c3)C2C(=O)NCCC(C)C)cc1. The highest BCUT2D eigenvalue weighted by atomic mass is 32.1. The van der Waals surface area contributed by atoms with Gasteiger partial charge in [0.15, 0.2) is 12.1 Å². The van der Waals surface area contributed by atoms with Crippen LogP contribution in [0, 0.1) is 12.8 Å². The molecule has 2 N–H and O–H groups in total. The first-order valence-corrected chi connectivity index (χ1v) is 12.9. The van der Waals surface area contributed by atoms with Crippen LogP contribution in [-0.4, -0.2) is 35.4 Å². The number of nitrogens with zero attached hydrogens (tertiary/aromatic N) is 1. The van der Waals surface area contributed by atoms with Gasteiger partial charge in [-0.3, -0.25) is 14.5 Å². The van der Waals surface area contributed by atoms with E-state index in [4.69, 9.17) is 4.74 Å². The molecule has 3 aromatic rings. The summed E-state index contributed by atoms with van der Waals surface area (Å²) >= 11 is 1.35. The number of benzene rings is 2. The minimum absolute atomic E-state index is 0.213. The van der Waals surface area contributed by atoms with Crippen molar-refractivity contribution in [1.82, 2.24) is 10.2 Å². The molecular formula is C28H31N3O4S. The average molecular weight is 506 g/mol. The number of carbonyl (C=O) groups excluding carboxylic acids is 3. The number of hydrogen-bond donors (Lipinski definition) is 2. The molecule has 0 saturated carbocycles. The lowest BCUT2D eigenvalue weighted by Gasteiger charge is -2.24. The molecule has 2 unspecified atom stereocenters. The van der Waals surface area contributed by atoms with Gasteiger partial charge in [0, 0.05) is 12.2 Å². The van der Waals surface area contributed by atoms with E-state index in [0.717, 1.165) is 17.5 Å². The second kappa shape index (κ2) is 11.4. The van der Waals surface area contributed by atoms with Gasteiger partial charge in [0.2, 0.25) is 5.91 Å². The van der Waals surface area contributed by atoms with Crippen molar-refractivity contribution in [2.45, 2.75) is 45.9 Å². The van der Waals surface area contributed by atoms with Crippen molar-refractivity contribution < 1.29 is 19.1 Å². The normalized spacial score (nSPS) is 17.2. The Bertz CT molecular complexity index is 1210. The fourth-order valence-corrected chi connectivity index (χ4v) is 4.70. The quantitative estimate of drug-likeness (QED) is 0.400. The van der Waals surface area contributed by atoms with E-state index in [-0.39, 0.29) is 18.4 Å². The Morgan fingerprint density at radius 2 is 1.86 bits per heavy atom. The van der Waals surface area contributed by atoms with Gasteiger partial charge in [-0.2, -0.15) is 0 Å². The Morgan fingerprint density at radius 1 is 1.08 bits per heavy atom. The van der Waals surface area contributed by atoms with Crippen molar-refractivity contribution in [1.29, 1.82) is 0 Å². The number of thiophene rings is 1. The van der Waals surface area contributed by atoms with Crippen LogP contribution in [0.1, 0.15) is 52.7 Å². The van der Waals surface area contributed by atoms with Crippen LogP contribution in [0.25, 0.3) is 0 Å². The molecule has 3 amide bonds. The fourth-order valence-electron chi connectivity index (χ4n) is 4.08. The highest BCUT2D eigenvalue weighted by Crippen LogP contribution is 2.35. The maximum atomic E-state index is 13.4. The third-order valence-corrected chi connectivity index (χ3v) is 6.93. The molecule has 36 heavy (non-hydrogen) atoms. The minimum atomic E-state index is -0.839. The smallest absolute Gasteiger partial charge is 0.411 e. The highest BCUT2D eigenvalue weighted by Gasteiger charge is 2.47. The standard InChI is InChI=1S/C28H31N3O4S/c1-18(2)13-14-29-27(33)24-25(35-28(34)31(24)17-20-11-9-19(3)10-12-20)21-6-4-7-22(16-21)30-26(32)23-8-5-15-36-23/h4-12,15-16,18,24-25H,13-14,17H2,1-3H3,(H,29,33)(H,30,32). The van der Waals surface area contributed by atoms with Gasteiger partial charge in [0.05, 0.1) is 11.4 Å². The summed E-state index contributed by atoms with van der Waals surface area (Å²) in [6, 6.07) is 17.7. The van der Waals surface area contributed by atoms with Crippen molar-refractivity contribution >= 4 is 34.9 Å². The monoisotopic (exact) mass is 505 g/mol. The van der Waals surface area contributed by atoms with E-state index in [1.807, 2.05) is 48.7 Å². The zero-order valence-corrected chi connectivity index (χ0v) is 21.5. The lowest BCUT2D eigenvalue weighted by Crippen LogP contribution is -2.46.